The van der Waals surface area contributed by atoms with Crippen molar-refractivity contribution in [3.63, 3.8) is 0 Å². The van der Waals surface area contributed by atoms with Crippen molar-refractivity contribution in [2.75, 3.05) is 21.3 Å². The summed E-state index contributed by atoms with van der Waals surface area (Å²) in [5.74, 6) is 0.108. The van der Waals surface area contributed by atoms with Crippen LogP contribution in [0.25, 0.3) is 0 Å². The SMILES string of the molecule is C=C.C=C(N(C)C1CCCC1)N(C)C(Cc1ccccc1)(c1cc(F)cc(C(F)F)c1)C1C=CC(C)=CN1.CF. The number of hydrogen-bond donors (Lipinski definition) is 1. The van der Waals surface area contributed by atoms with E-state index in [1.54, 1.807) is 0 Å². The Kier molecular flexibility index (Phi) is 12.6. The van der Waals surface area contributed by atoms with Crippen molar-refractivity contribution in [3.05, 3.63) is 121 Å². The molecule has 218 valence electrons. The van der Waals surface area contributed by atoms with Gasteiger partial charge in [-0.2, -0.15) is 0 Å². The van der Waals surface area contributed by atoms with E-state index < -0.39 is 17.8 Å². The number of dihydropyridines is 1. The van der Waals surface area contributed by atoms with Crippen LogP contribution in [-0.4, -0.2) is 43.2 Å². The van der Waals surface area contributed by atoms with E-state index in [4.69, 9.17) is 0 Å². The standard InChI is InChI=1S/C30H36F3N3.C2H4.CH3F/c1-21-14-15-28(34-20-21)30(19-23-10-6-5-7-11-23,25-16-24(29(32)33)17-26(31)18-25)36(4)22(2)35(3)27-12-8-9-13-27;2*1-2/h5-7,10-11,14-18,20,27-29,34H,2,8-9,12-13,19H2,1,3-4H3;1-2H2;1H3. The maximum atomic E-state index is 14.9. The normalized spacial score (nSPS) is 17.8. The molecule has 1 saturated carbocycles. The van der Waals surface area contributed by atoms with Crippen molar-refractivity contribution < 1.29 is 17.6 Å². The Labute approximate surface area is 237 Å². The summed E-state index contributed by atoms with van der Waals surface area (Å²) in [5.41, 5.74) is 1.30. The van der Waals surface area contributed by atoms with Gasteiger partial charge in [-0.05, 0) is 60.9 Å². The van der Waals surface area contributed by atoms with Gasteiger partial charge in [0.15, 0.2) is 0 Å². The molecule has 2 unspecified atom stereocenters. The van der Waals surface area contributed by atoms with Gasteiger partial charge in [-0.3, -0.25) is 4.39 Å². The zero-order chi connectivity index (χ0) is 29.9. The van der Waals surface area contributed by atoms with Gasteiger partial charge >= 0.3 is 0 Å². The molecule has 2 aromatic rings. The van der Waals surface area contributed by atoms with Crippen molar-refractivity contribution in [2.45, 2.75) is 63.1 Å². The van der Waals surface area contributed by atoms with E-state index in [-0.39, 0.29) is 11.6 Å². The van der Waals surface area contributed by atoms with Crippen molar-refractivity contribution in [1.82, 2.24) is 15.1 Å². The number of halogens is 4. The van der Waals surface area contributed by atoms with Crippen LogP contribution in [-0.2, 0) is 12.0 Å². The van der Waals surface area contributed by atoms with E-state index in [1.807, 2.05) is 69.7 Å². The van der Waals surface area contributed by atoms with E-state index in [0.717, 1.165) is 35.9 Å². The maximum absolute atomic E-state index is 14.9. The first-order chi connectivity index (χ1) is 19.2. The van der Waals surface area contributed by atoms with Crippen molar-refractivity contribution in [3.8, 4) is 0 Å². The van der Waals surface area contributed by atoms with E-state index >= 15 is 0 Å². The van der Waals surface area contributed by atoms with E-state index in [9.17, 15) is 17.6 Å². The Morgan fingerprint density at radius 3 is 2.23 bits per heavy atom. The fraction of sp³-hybridized carbons (Fsp3) is 0.394. The number of alkyl halides is 3. The lowest BCUT2D eigenvalue weighted by atomic mass is 9.75. The summed E-state index contributed by atoms with van der Waals surface area (Å²) in [7, 11) is 4.50. The summed E-state index contributed by atoms with van der Waals surface area (Å²) in [4.78, 5) is 4.27. The molecule has 0 bridgehead atoms. The largest absolute Gasteiger partial charge is 0.382 e. The molecule has 40 heavy (non-hydrogen) atoms. The van der Waals surface area contributed by atoms with Gasteiger partial charge in [-0.25, -0.2) is 13.2 Å². The lowest BCUT2D eigenvalue weighted by Gasteiger charge is -2.51. The quantitative estimate of drug-likeness (QED) is 0.247. The molecular formula is C33H43F4N3. The predicted molar refractivity (Wildman–Crippen MR) is 158 cm³/mol. The van der Waals surface area contributed by atoms with Crippen LogP contribution in [0, 0.1) is 5.82 Å². The summed E-state index contributed by atoms with van der Waals surface area (Å²) in [6.45, 7) is 12.5. The molecular weight excluding hydrogens is 514 g/mol. The van der Waals surface area contributed by atoms with Crippen LogP contribution in [0.1, 0.15) is 55.7 Å². The van der Waals surface area contributed by atoms with Crippen LogP contribution >= 0.6 is 0 Å². The average molecular weight is 558 g/mol. The second-order valence-electron chi connectivity index (χ2n) is 10.1. The Morgan fingerprint density at radius 1 is 1.05 bits per heavy atom. The Balaban J connectivity index is 0.00000134. The van der Waals surface area contributed by atoms with E-state index in [2.05, 4.69) is 34.9 Å². The summed E-state index contributed by atoms with van der Waals surface area (Å²) in [6, 6.07) is 13.7. The van der Waals surface area contributed by atoms with E-state index in [0.29, 0.717) is 25.2 Å². The third-order valence-electron chi connectivity index (χ3n) is 7.81. The second-order valence-corrected chi connectivity index (χ2v) is 10.1. The lowest BCUT2D eigenvalue weighted by molar-refractivity contribution is 0.0803. The molecule has 1 heterocycles. The Bertz CT molecular complexity index is 1140. The van der Waals surface area contributed by atoms with Crippen LogP contribution in [0.3, 0.4) is 0 Å². The molecule has 3 nitrogen and oxygen atoms in total. The first-order valence-electron chi connectivity index (χ1n) is 13.5. The van der Waals surface area contributed by atoms with E-state index in [1.165, 1.54) is 25.0 Å². The van der Waals surface area contributed by atoms with Crippen LogP contribution in [0.4, 0.5) is 17.6 Å². The number of allylic oxidation sites excluding steroid dienone is 2. The molecule has 2 atom stereocenters. The third-order valence-corrected chi connectivity index (χ3v) is 7.81. The minimum Gasteiger partial charge on any atom is -0.382 e. The average Bonchev–Trinajstić information content (AvgIpc) is 3.53. The Morgan fingerprint density at radius 2 is 1.68 bits per heavy atom. The molecule has 4 rings (SSSR count). The molecule has 0 radical (unpaired) electrons. The molecule has 2 aromatic carbocycles. The van der Waals surface area contributed by atoms with Crippen molar-refractivity contribution in [2.24, 2.45) is 0 Å². The molecule has 1 aliphatic heterocycles. The fourth-order valence-corrected chi connectivity index (χ4v) is 5.65. The highest BCUT2D eigenvalue weighted by Crippen LogP contribution is 2.42. The van der Waals surface area contributed by atoms with Crippen LogP contribution in [0.15, 0.2) is 98.0 Å². The molecule has 0 amide bonds. The summed E-state index contributed by atoms with van der Waals surface area (Å²) < 4.78 is 52.2. The summed E-state index contributed by atoms with van der Waals surface area (Å²) in [5, 5.41) is 3.48. The highest BCUT2D eigenvalue weighted by molar-refractivity contribution is 5.40. The molecule has 2 aliphatic rings. The van der Waals surface area contributed by atoms with Gasteiger partial charge in [0.05, 0.1) is 24.6 Å². The molecule has 1 N–H and O–H groups in total. The highest BCUT2D eigenvalue weighted by atomic mass is 19.3. The van der Waals surface area contributed by atoms with Crippen LogP contribution < -0.4 is 5.32 Å². The minimum atomic E-state index is -2.78. The predicted octanol–water partition coefficient (Wildman–Crippen LogP) is 8.30. The number of likely N-dealkylation sites (N-methyl/N-ethyl adjacent to an activating group) is 1. The fourth-order valence-electron chi connectivity index (χ4n) is 5.65. The van der Waals surface area contributed by atoms with Gasteiger partial charge in [0.2, 0.25) is 0 Å². The van der Waals surface area contributed by atoms with Crippen LogP contribution in [0.2, 0.25) is 0 Å². The van der Waals surface area contributed by atoms with Gasteiger partial charge in [-0.15, -0.1) is 13.2 Å². The molecule has 1 aliphatic carbocycles. The van der Waals surface area contributed by atoms with Crippen molar-refractivity contribution in [1.29, 1.82) is 0 Å². The van der Waals surface area contributed by atoms with Gasteiger partial charge in [-0.1, -0.05) is 61.9 Å². The molecule has 0 saturated heterocycles. The Hall–Kier alpha value is -3.48. The number of rotatable bonds is 9. The minimum absolute atomic E-state index is 0.322. The maximum Gasteiger partial charge on any atom is 0.263 e. The number of benzene rings is 2. The first-order valence-corrected chi connectivity index (χ1v) is 13.5. The molecule has 0 spiro atoms. The first kappa shape index (κ1) is 32.7. The number of hydrogen-bond acceptors (Lipinski definition) is 3. The zero-order valence-corrected chi connectivity index (χ0v) is 24.1. The van der Waals surface area contributed by atoms with Crippen LogP contribution in [0.5, 0.6) is 0 Å². The second kappa shape index (κ2) is 15.3. The third kappa shape index (κ3) is 7.38. The monoisotopic (exact) mass is 557 g/mol. The number of nitrogens with one attached hydrogen (secondary N) is 1. The smallest absolute Gasteiger partial charge is 0.263 e. The summed E-state index contributed by atoms with van der Waals surface area (Å²) >= 11 is 0. The van der Waals surface area contributed by atoms with Gasteiger partial charge in [0.25, 0.3) is 6.43 Å². The lowest BCUT2D eigenvalue weighted by Crippen LogP contribution is -2.59. The van der Waals surface area contributed by atoms with Gasteiger partial charge in [0, 0.05) is 32.1 Å². The van der Waals surface area contributed by atoms with Crippen molar-refractivity contribution >= 4 is 0 Å². The topological polar surface area (TPSA) is 18.5 Å². The molecule has 0 aromatic heterocycles. The number of nitrogens with zero attached hydrogens (tertiary/aromatic N) is 2. The zero-order valence-electron chi connectivity index (χ0n) is 24.1. The molecule has 1 fully saturated rings. The van der Waals surface area contributed by atoms with Gasteiger partial charge in [0.1, 0.15) is 5.82 Å². The highest BCUT2D eigenvalue weighted by Gasteiger charge is 2.46. The molecule has 7 heteroatoms. The van der Waals surface area contributed by atoms with Gasteiger partial charge < -0.3 is 15.1 Å². The summed E-state index contributed by atoms with van der Waals surface area (Å²) in [6.07, 6.45) is 8.22.